The minimum absolute atomic E-state index is 0. The van der Waals surface area contributed by atoms with Crippen molar-refractivity contribution in [2.24, 2.45) is 0 Å². The van der Waals surface area contributed by atoms with Crippen LogP contribution in [0.1, 0.15) is 19.8 Å². The van der Waals surface area contributed by atoms with Crippen LogP contribution < -0.4 is 10.6 Å². The van der Waals surface area contributed by atoms with Gasteiger partial charge in [-0.3, -0.25) is 9.59 Å². The predicted molar refractivity (Wildman–Crippen MR) is 64.6 cm³/mol. The van der Waals surface area contributed by atoms with Crippen LogP contribution in [-0.2, 0) is 9.59 Å². The molecule has 0 unspecified atom stereocenters. The van der Waals surface area contributed by atoms with Gasteiger partial charge in [0.1, 0.15) is 0 Å². The quantitative estimate of drug-likeness (QED) is 0.707. The molecular weight excluding hydrogens is 230 g/mol. The lowest BCUT2D eigenvalue weighted by molar-refractivity contribution is -0.134. The Labute approximate surface area is 102 Å². The largest absolute Gasteiger partial charge is 0.347 e. The molecule has 1 saturated heterocycles. The predicted octanol–water partition coefficient (Wildman–Crippen LogP) is -0.245. The Morgan fingerprint density at radius 1 is 1.44 bits per heavy atom. The van der Waals surface area contributed by atoms with Gasteiger partial charge in [-0.2, -0.15) is 0 Å². The van der Waals surface area contributed by atoms with Gasteiger partial charge in [0.05, 0.1) is 12.6 Å². The fraction of sp³-hybridized carbons (Fsp3) is 0.800. The Morgan fingerprint density at radius 3 is 2.50 bits per heavy atom. The molecular formula is C10H20ClN3O2. The van der Waals surface area contributed by atoms with Crippen molar-refractivity contribution in [2.75, 3.05) is 26.7 Å². The second kappa shape index (κ2) is 7.46. The Balaban J connectivity index is 0.00000225. The standard InChI is InChI=1S/C10H19N3O2.ClH/c1-3-4-9(14)12-7-10(15)13(2)8-5-11-6-8;/h8,11H,3-7H2,1-2H3,(H,12,14);1H. The van der Waals surface area contributed by atoms with Gasteiger partial charge in [0.25, 0.3) is 0 Å². The molecule has 0 aromatic rings. The van der Waals surface area contributed by atoms with Crippen LogP contribution in [0.25, 0.3) is 0 Å². The molecule has 0 bridgehead atoms. The van der Waals surface area contributed by atoms with Gasteiger partial charge in [0, 0.05) is 26.6 Å². The normalized spacial score (nSPS) is 14.6. The van der Waals surface area contributed by atoms with Gasteiger partial charge >= 0.3 is 0 Å². The van der Waals surface area contributed by atoms with Gasteiger partial charge in [-0.15, -0.1) is 12.4 Å². The second-order valence-corrected chi connectivity index (χ2v) is 3.84. The smallest absolute Gasteiger partial charge is 0.242 e. The first kappa shape index (κ1) is 15.2. The molecule has 6 heteroatoms. The molecule has 0 atom stereocenters. The van der Waals surface area contributed by atoms with Crippen molar-refractivity contribution in [3.05, 3.63) is 0 Å². The Morgan fingerprint density at radius 2 is 2.06 bits per heavy atom. The first-order valence-corrected chi connectivity index (χ1v) is 5.38. The van der Waals surface area contributed by atoms with Gasteiger partial charge in [-0.1, -0.05) is 6.92 Å². The average molecular weight is 250 g/mol. The fourth-order valence-electron chi connectivity index (χ4n) is 1.37. The van der Waals surface area contributed by atoms with Crippen molar-refractivity contribution in [1.29, 1.82) is 0 Å². The number of carbonyl (C=O) groups excluding carboxylic acids is 2. The lowest BCUT2D eigenvalue weighted by Gasteiger charge is -2.35. The van der Waals surface area contributed by atoms with E-state index in [1.54, 1.807) is 11.9 Å². The van der Waals surface area contributed by atoms with Crippen molar-refractivity contribution in [2.45, 2.75) is 25.8 Å². The molecule has 1 fully saturated rings. The molecule has 1 aliphatic heterocycles. The van der Waals surface area contributed by atoms with Gasteiger partial charge < -0.3 is 15.5 Å². The molecule has 0 aromatic carbocycles. The number of amides is 2. The van der Waals surface area contributed by atoms with E-state index < -0.39 is 0 Å². The minimum Gasteiger partial charge on any atom is -0.347 e. The summed E-state index contributed by atoms with van der Waals surface area (Å²) in [5.74, 6) is -0.0723. The van der Waals surface area contributed by atoms with Crippen molar-refractivity contribution in [3.8, 4) is 0 Å². The highest BCUT2D eigenvalue weighted by atomic mass is 35.5. The lowest BCUT2D eigenvalue weighted by atomic mass is 10.1. The molecule has 5 nitrogen and oxygen atoms in total. The number of rotatable bonds is 5. The number of nitrogens with one attached hydrogen (secondary N) is 2. The van der Waals surface area contributed by atoms with Crippen LogP contribution in [0.2, 0.25) is 0 Å². The van der Waals surface area contributed by atoms with Crippen LogP contribution in [0.5, 0.6) is 0 Å². The number of likely N-dealkylation sites (N-methyl/N-ethyl adjacent to an activating group) is 1. The highest BCUT2D eigenvalue weighted by Gasteiger charge is 2.24. The van der Waals surface area contributed by atoms with E-state index in [2.05, 4.69) is 10.6 Å². The van der Waals surface area contributed by atoms with E-state index in [-0.39, 0.29) is 30.8 Å². The first-order valence-electron chi connectivity index (χ1n) is 5.38. The number of hydrogen-bond donors (Lipinski definition) is 2. The van der Waals surface area contributed by atoms with Gasteiger partial charge in [0.2, 0.25) is 11.8 Å². The van der Waals surface area contributed by atoms with E-state index in [0.29, 0.717) is 12.5 Å². The zero-order chi connectivity index (χ0) is 11.3. The number of carbonyl (C=O) groups is 2. The molecule has 0 radical (unpaired) electrons. The number of nitrogens with zero attached hydrogens (tertiary/aromatic N) is 1. The van der Waals surface area contributed by atoms with Crippen LogP contribution in [0.3, 0.4) is 0 Å². The molecule has 2 amide bonds. The van der Waals surface area contributed by atoms with Gasteiger partial charge in [0.15, 0.2) is 0 Å². The summed E-state index contributed by atoms with van der Waals surface area (Å²) in [6.45, 7) is 3.76. The van der Waals surface area contributed by atoms with Gasteiger partial charge in [-0.05, 0) is 6.42 Å². The van der Waals surface area contributed by atoms with Gasteiger partial charge in [-0.25, -0.2) is 0 Å². The van der Waals surface area contributed by atoms with E-state index in [1.165, 1.54) is 0 Å². The third kappa shape index (κ3) is 4.37. The van der Waals surface area contributed by atoms with E-state index in [4.69, 9.17) is 0 Å². The number of halogens is 1. The molecule has 0 saturated carbocycles. The summed E-state index contributed by atoms with van der Waals surface area (Å²) in [7, 11) is 1.78. The second-order valence-electron chi connectivity index (χ2n) is 3.84. The summed E-state index contributed by atoms with van der Waals surface area (Å²) >= 11 is 0. The van der Waals surface area contributed by atoms with Crippen LogP contribution in [0, 0.1) is 0 Å². The fourth-order valence-corrected chi connectivity index (χ4v) is 1.37. The van der Waals surface area contributed by atoms with E-state index in [1.807, 2.05) is 6.92 Å². The van der Waals surface area contributed by atoms with Crippen LogP contribution in [0.15, 0.2) is 0 Å². The molecule has 94 valence electrons. The zero-order valence-electron chi connectivity index (χ0n) is 9.78. The minimum atomic E-state index is -0.0500. The van der Waals surface area contributed by atoms with Crippen molar-refractivity contribution in [1.82, 2.24) is 15.5 Å². The topological polar surface area (TPSA) is 61.4 Å². The average Bonchev–Trinajstić information content (AvgIpc) is 2.11. The summed E-state index contributed by atoms with van der Waals surface area (Å²) < 4.78 is 0. The Hall–Kier alpha value is -0.810. The molecule has 0 aromatic heterocycles. The molecule has 0 aliphatic carbocycles. The highest BCUT2D eigenvalue weighted by Crippen LogP contribution is 2.01. The summed E-state index contributed by atoms with van der Waals surface area (Å²) in [6.07, 6.45) is 1.30. The molecule has 1 rings (SSSR count). The zero-order valence-corrected chi connectivity index (χ0v) is 10.6. The van der Waals surface area contributed by atoms with E-state index in [9.17, 15) is 9.59 Å². The Kier molecular flexibility index (Phi) is 7.08. The van der Waals surface area contributed by atoms with E-state index in [0.717, 1.165) is 19.5 Å². The van der Waals surface area contributed by atoms with Crippen LogP contribution >= 0.6 is 12.4 Å². The first-order chi connectivity index (χ1) is 7.15. The third-order valence-electron chi connectivity index (χ3n) is 2.61. The maximum absolute atomic E-state index is 11.6. The summed E-state index contributed by atoms with van der Waals surface area (Å²) in [5, 5.41) is 5.72. The Bertz CT molecular complexity index is 244. The summed E-state index contributed by atoms with van der Waals surface area (Å²) in [6, 6.07) is 0.292. The van der Waals surface area contributed by atoms with E-state index >= 15 is 0 Å². The molecule has 16 heavy (non-hydrogen) atoms. The highest BCUT2D eigenvalue weighted by molar-refractivity contribution is 5.85. The monoisotopic (exact) mass is 249 g/mol. The van der Waals surface area contributed by atoms with Crippen LogP contribution in [0.4, 0.5) is 0 Å². The molecule has 1 aliphatic rings. The van der Waals surface area contributed by atoms with Crippen molar-refractivity contribution in [3.63, 3.8) is 0 Å². The lowest BCUT2D eigenvalue weighted by Crippen LogP contribution is -2.58. The maximum atomic E-state index is 11.6. The summed E-state index contributed by atoms with van der Waals surface area (Å²) in [4.78, 5) is 24.4. The number of hydrogen-bond acceptors (Lipinski definition) is 3. The molecule has 0 spiro atoms. The third-order valence-corrected chi connectivity index (χ3v) is 2.61. The van der Waals surface area contributed by atoms with Crippen molar-refractivity contribution >= 4 is 24.2 Å². The van der Waals surface area contributed by atoms with Crippen LogP contribution in [-0.4, -0.2) is 49.4 Å². The van der Waals surface area contributed by atoms with Crippen molar-refractivity contribution < 1.29 is 9.59 Å². The maximum Gasteiger partial charge on any atom is 0.242 e. The molecule has 2 N–H and O–H groups in total. The SMILES string of the molecule is CCCC(=O)NCC(=O)N(C)C1CNC1.Cl. The summed E-state index contributed by atoms with van der Waals surface area (Å²) in [5.41, 5.74) is 0. The molecule has 1 heterocycles.